The lowest BCUT2D eigenvalue weighted by molar-refractivity contribution is 0.530. The fourth-order valence-electron chi connectivity index (χ4n) is 3.28. The van der Waals surface area contributed by atoms with Crippen LogP contribution in [0, 0.1) is 6.92 Å². The van der Waals surface area contributed by atoms with Gasteiger partial charge >= 0.3 is 0 Å². The summed E-state index contributed by atoms with van der Waals surface area (Å²) in [5, 5.41) is 0. The summed E-state index contributed by atoms with van der Waals surface area (Å²) in [4.78, 5) is 0. The Morgan fingerprint density at radius 3 is 2.50 bits per heavy atom. The van der Waals surface area contributed by atoms with E-state index in [1.54, 1.807) is 30.3 Å². The minimum Gasteiger partial charge on any atom is -0.270 e. The number of aryl methyl sites for hydroxylation is 1. The molecule has 8 heteroatoms. The van der Waals surface area contributed by atoms with Crippen LogP contribution in [0.15, 0.2) is 48.5 Å². The van der Waals surface area contributed by atoms with Gasteiger partial charge in [-0.2, -0.15) is 0 Å². The molecule has 3 rings (SSSR count). The van der Waals surface area contributed by atoms with Crippen LogP contribution < -0.4 is 9.03 Å². The van der Waals surface area contributed by atoms with Gasteiger partial charge in [0.05, 0.1) is 23.7 Å². The van der Waals surface area contributed by atoms with Gasteiger partial charge < -0.3 is 0 Å². The van der Waals surface area contributed by atoms with Crippen molar-refractivity contribution < 1.29 is 16.8 Å². The molecule has 1 unspecified atom stereocenters. The van der Waals surface area contributed by atoms with E-state index in [-0.39, 0.29) is 12.3 Å². The molecule has 0 aromatic heterocycles. The molecule has 2 aromatic rings. The van der Waals surface area contributed by atoms with E-state index in [1.807, 2.05) is 25.1 Å². The molecule has 6 nitrogen and oxygen atoms in total. The summed E-state index contributed by atoms with van der Waals surface area (Å²) >= 11 is 0. The molecule has 2 aromatic carbocycles. The van der Waals surface area contributed by atoms with Gasteiger partial charge in [0.1, 0.15) is 0 Å². The smallest absolute Gasteiger partial charge is 0.232 e. The molecule has 0 fully saturated rings. The third-order valence-corrected chi connectivity index (χ3v) is 6.90. The van der Waals surface area contributed by atoms with E-state index in [9.17, 15) is 16.8 Å². The number of hydrogen-bond donors (Lipinski definition) is 1. The van der Waals surface area contributed by atoms with Crippen molar-refractivity contribution in [3.63, 3.8) is 0 Å². The van der Waals surface area contributed by atoms with Gasteiger partial charge in [-0.25, -0.2) is 21.6 Å². The van der Waals surface area contributed by atoms with E-state index >= 15 is 0 Å². The molecule has 1 aliphatic rings. The van der Waals surface area contributed by atoms with Gasteiger partial charge in [-0.05, 0) is 30.5 Å². The SMILES string of the molecule is Cc1cccc(CS(=O)(=O)NC2CCN(S(C)(=O)=O)c3ccccc32)c1. The number of anilines is 1. The Morgan fingerprint density at radius 2 is 1.81 bits per heavy atom. The predicted molar refractivity (Wildman–Crippen MR) is 103 cm³/mol. The van der Waals surface area contributed by atoms with E-state index in [1.165, 1.54) is 4.31 Å². The average Bonchev–Trinajstić information content (AvgIpc) is 2.53. The molecule has 0 aliphatic carbocycles. The van der Waals surface area contributed by atoms with Crippen molar-refractivity contribution in [2.75, 3.05) is 17.1 Å². The second kappa shape index (κ2) is 7.02. The van der Waals surface area contributed by atoms with Crippen LogP contribution in [0.1, 0.15) is 29.2 Å². The zero-order chi connectivity index (χ0) is 18.9. The molecule has 0 radical (unpaired) electrons. The van der Waals surface area contributed by atoms with E-state index in [0.29, 0.717) is 17.7 Å². The van der Waals surface area contributed by atoms with Crippen molar-refractivity contribution in [1.29, 1.82) is 0 Å². The summed E-state index contributed by atoms with van der Waals surface area (Å²) in [6.07, 6.45) is 1.54. The van der Waals surface area contributed by atoms with Crippen molar-refractivity contribution in [1.82, 2.24) is 4.72 Å². The number of para-hydroxylation sites is 1. The van der Waals surface area contributed by atoms with Crippen molar-refractivity contribution >= 4 is 25.7 Å². The van der Waals surface area contributed by atoms with E-state index in [4.69, 9.17) is 0 Å². The number of fused-ring (bicyclic) bond motifs is 1. The molecular weight excluding hydrogens is 372 g/mol. The van der Waals surface area contributed by atoms with Crippen LogP contribution in [-0.2, 0) is 25.8 Å². The topological polar surface area (TPSA) is 83.6 Å². The molecule has 0 amide bonds. The first-order valence-corrected chi connectivity index (χ1v) is 11.8. The third-order valence-electron chi connectivity index (χ3n) is 4.36. The number of nitrogens with zero attached hydrogens (tertiary/aromatic N) is 1. The van der Waals surface area contributed by atoms with Crippen LogP contribution in [0.3, 0.4) is 0 Å². The maximum atomic E-state index is 12.6. The first-order chi connectivity index (χ1) is 12.2. The van der Waals surface area contributed by atoms with Gasteiger partial charge in [0, 0.05) is 6.54 Å². The Hall–Kier alpha value is -1.90. The molecule has 0 bridgehead atoms. The predicted octanol–water partition coefficient (Wildman–Crippen LogP) is 2.33. The van der Waals surface area contributed by atoms with Gasteiger partial charge in [-0.15, -0.1) is 0 Å². The largest absolute Gasteiger partial charge is 0.270 e. The van der Waals surface area contributed by atoms with Gasteiger partial charge in [0.15, 0.2) is 0 Å². The minimum absolute atomic E-state index is 0.108. The molecule has 1 atom stereocenters. The fourth-order valence-corrected chi connectivity index (χ4v) is 5.62. The highest BCUT2D eigenvalue weighted by atomic mass is 32.2. The van der Waals surface area contributed by atoms with Crippen molar-refractivity contribution in [2.45, 2.75) is 25.1 Å². The normalized spacial score (nSPS) is 17.8. The Morgan fingerprint density at radius 1 is 1.08 bits per heavy atom. The van der Waals surface area contributed by atoms with Gasteiger partial charge in [0.25, 0.3) is 0 Å². The molecule has 140 valence electrons. The molecule has 0 spiro atoms. The van der Waals surface area contributed by atoms with Crippen LogP contribution in [0.2, 0.25) is 0 Å². The zero-order valence-electron chi connectivity index (χ0n) is 14.7. The maximum Gasteiger partial charge on any atom is 0.232 e. The number of nitrogens with one attached hydrogen (secondary N) is 1. The summed E-state index contributed by atoms with van der Waals surface area (Å²) in [6, 6.07) is 13.9. The lowest BCUT2D eigenvalue weighted by Crippen LogP contribution is -2.40. The Bertz CT molecular complexity index is 1020. The van der Waals surface area contributed by atoms with Crippen LogP contribution >= 0.6 is 0 Å². The van der Waals surface area contributed by atoms with E-state index in [2.05, 4.69) is 4.72 Å². The Balaban J connectivity index is 1.86. The highest BCUT2D eigenvalue weighted by Gasteiger charge is 2.31. The van der Waals surface area contributed by atoms with E-state index < -0.39 is 26.1 Å². The van der Waals surface area contributed by atoms with Gasteiger partial charge in [-0.3, -0.25) is 4.31 Å². The van der Waals surface area contributed by atoms with Crippen LogP contribution in [0.4, 0.5) is 5.69 Å². The third kappa shape index (κ3) is 4.25. The fraction of sp³-hybridized carbons (Fsp3) is 0.333. The molecular formula is C18H22N2O4S2. The van der Waals surface area contributed by atoms with Crippen molar-refractivity contribution in [2.24, 2.45) is 0 Å². The first kappa shape index (κ1) is 18.9. The first-order valence-electron chi connectivity index (χ1n) is 8.28. The summed E-state index contributed by atoms with van der Waals surface area (Å²) in [7, 11) is -6.97. The standard InChI is InChI=1S/C18H22N2O4S2/c1-14-6-5-7-15(12-14)13-26(23,24)19-17-10-11-20(25(2,21)22)18-9-4-3-8-16(17)18/h3-9,12,17,19H,10-11,13H2,1-2H3. The van der Waals surface area contributed by atoms with Crippen LogP contribution in [-0.4, -0.2) is 29.6 Å². The maximum absolute atomic E-state index is 12.6. The van der Waals surface area contributed by atoms with Gasteiger partial charge in [-0.1, -0.05) is 48.0 Å². The molecule has 1 N–H and O–H groups in total. The zero-order valence-corrected chi connectivity index (χ0v) is 16.3. The number of rotatable bonds is 5. The number of hydrogen-bond acceptors (Lipinski definition) is 4. The van der Waals surface area contributed by atoms with Crippen molar-refractivity contribution in [3.05, 3.63) is 65.2 Å². The van der Waals surface area contributed by atoms with Crippen LogP contribution in [0.25, 0.3) is 0 Å². The highest BCUT2D eigenvalue weighted by Crippen LogP contribution is 2.35. The lowest BCUT2D eigenvalue weighted by Gasteiger charge is -2.34. The van der Waals surface area contributed by atoms with Crippen molar-refractivity contribution in [3.8, 4) is 0 Å². The number of benzene rings is 2. The molecule has 26 heavy (non-hydrogen) atoms. The van der Waals surface area contributed by atoms with Gasteiger partial charge in [0.2, 0.25) is 20.0 Å². The molecule has 0 saturated carbocycles. The number of sulfonamides is 2. The molecule has 1 aliphatic heterocycles. The lowest BCUT2D eigenvalue weighted by atomic mass is 9.99. The summed E-state index contributed by atoms with van der Waals surface area (Å²) in [6.45, 7) is 2.16. The average molecular weight is 395 g/mol. The minimum atomic E-state index is -3.56. The highest BCUT2D eigenvalue weighted by molar-refractivity contribution is 7.92. The second-order valence-electron chi connectivity index (χ2n) is 6.60. The monoisotopic (exact) mass is 394 g/mol. The molecule has 0 saturated heterocycles. The van der Waals surface area contributed by atoms with Crippen LogP contribution in [0.5, 0.6) is 0 Å². The van der Waals surface area contributed by atoms with E-state index in [0.717, 1.165) is 17.4 Å². The second-order valence-corrected chi connectivity index (χ2v) is 10.3. The molecule has 1 heterocycles. The quantitative estimate of drug-likeness (QED) is 0.844. The summed E-state index contributed by atoms with van der Waals surface area (Å²) in [5.74, 6) is -0.108. The summed E-state index contributed by atoms with van der Waals surface area (Å²) < 4.78 is 53.3. The Labute approximate surface area is 155 Å². The Kier molecular flexibility index (Phi) is 5.09. The summed E-state index contributed by atoms with van der Waals surface area (Å²) in [5.41, 5.74) is 2.94.